The van der Waals surface area contributed by atoms with Crippen molar-refractivity contribution >= 4 is 21.6 Å². The Labute approximate surface area is 202 Å². The fourth-order valence-corrected chi connectivity index (χ4v) is 6.84. The van der Waals surface area contributed by atoms with Gasteiger partial charge in [-0.1, -0.05) is 12.5 Å². The second-order valence-electron chi connectivity index (χ2n) is 9.51. The zero-order valence-electron chi connectivity index (χ0n) is 20.0. The minimum atomic E-state index is -3.60. The number of nitrogens with one attached hydrogen (secondary N) is 2. The van der Waals surface area contributed by atoms with E-state index in [-0.39, 0.29) is 23.3 Å². The van der Waals surface area contributed by atoms with E-state index >= 15 is 0 Å². The van der Waals surface area contributed by atoms with Gasteiger partial charge < -0.3 is 14.8 Å². The number of hydrogen-bond donors (Lipinski definition) is 2. The number of anilines is 1. The van der Waals surface area contributed by atoms with Crippen LogP contribution in [0.1, 0.15) is 44.6 Å². The Hall–Kier alpha value is -2.58. The van der Waals surface area contributed by atoms with Gasteiger partial charge in [-0.2, -0.15) is 0 Å². The van der Waals surface area contributed by atoms with Crippen molar-refractivity contribution in [1.82, 2.24) is 4.72 Å². The lowest BCUT2D eigenvalue weighted by molar-refractivity contribution is -0.116. The number of methoxy groups -OCH3 is 2. The highest BCUT2D eigenvalue weighted by molar-refractivity contribution is 7.89. The van der Waals surface area contributed by atoms with Gasteiger partial charge in [0.25, 0.3) is 0 Å². The molecule has 7 nitrogen and oxygen atoms in total. The zero-order valence-corrected chi connectivity index (χ0v) is 20.9. The fourth-order valence-electron chi connectivity index (χ4n) is 5.54. The predicted molar refractivity (Wildman–Crippen MR) is 132 cm³/mol. The molecule has 0 heterocycles. The number of carbonyl (C=O) groups excluding carboxylic acids is 1. The van der Waals surface area contributed by atoms with E-state index in [1.54, 1.807) is 38.5 Å². The van der Waals surface area contributed by atoms with Crippen molar-refractivity contribution in [2.75, 3.05) is 19.5 Å². The monoisotopic (exact) mass is 486 g/mol. The van der Waals surface area contributed by atoms with Crippen molar-refractivity contribution < 1.29 is 22.7 Å². The molecule has 2 aliphatic rings. The highest BCUT2D eigenvalue weighted by atomic mass is 32.2. The van der Waals surface area contributed by atoms with Crippen LogP contribution in [0.5, 0.6) is 11.5 Å². The van der Waals surface area contributed by atoms with E-state index in [1.807, 2.05) is 25.1 Å². The number of hydrogen-bond acceptors (Lipinski definition) is 5. The third kappa shape index (κ3) is 5.55. The Balaban J connectivity index is 1.30. The Morgan fingerprint density at radius 3 is 2.38 bits per heavy atom. The van der Waals surface area contributed by atoms with E-state index in [2.05, 4.69) is 10.0 Å². The molecule has 184 valence electrons. The van der Waals surface area contributed by atoms with Gasteiger partial charge in [0, 0.05) is 18.2 Å². The Bertz CT molecular complexity index is 1120. The number of amides is 1. The maximum atomic E-state index is 12.9. The molecule has 0 aliphatic heterocycles. The molecule has 4 unspecified atom stereocenters. The minimum absolute atomic E-state index is 0.0729. The molecule has 2 N–H and O–H groups in total. The molecule has 0 spiro atoms. The first-order valence-corrected chi connectivity index (χ1v) is 13.4. The molecular formula is C26H34N2O5S. The van der Waals surface area contributed by atoms with Gasteiger partial charge in [-0.15, -0.1) is 0 Å². The molecule has 2 aliphatic carbocycles. The van der Waals surface area contributed by atoms with Gasteiger partial charge in [-0.25, -0.2) is 13.1 Å². The van der Waals surface area contributed by atoms with Crippen LogP contribution < -0.4 is 19.5 Å². The van der Waals surface area contributed by atoms with Gasteiger partial charge in [0.15, 0.2) is 11.5 Å². The molecule has 8 heteroatoms. The second-order valence-corrected chi connectivity index (χ2v) is 11.2. The summed E-state index contributed by atoms with van der Waals surface area (Å²) in [6.45, 7) is 1.98. The minimum Gasteiger partial charge on any atom is -0.493 e. The first kappa shape index (κ1) is 24.5. The maximum Gasteiger partial charge on any atom is 0.240 e. The highest BCUT2D eigenvalue weighted by Crippen LogP contribution is 2.49. The van der Waals surface area contributed by atoms with E-state index in [9.17, 15) is 13.2 Å². The quantitative estimate of drug-likeness (QED) is 0.520. The average Bonchev–Trinajstić information content (AvgIpc) is 3.46. The van der Waals surface area contributed by atoms with Crippen LogP contribution in [0.15, 0.2) is 47.4 Å². The normalized spacial score (nSPS) is 22.4. The zero-order chi connectivity index (χ0) is 24.3. The summed E-state index contributed by atoms with van der Waals surface area (Å²) in [6.07, 6.45) is 5.73. The van der Waals surface area contributed by atoms with Gasteiger partial charge in [0.1, 0.15) is 0 Å². The van der Waals surface area contributed by atoms with E-state index in [1.165, 1.54) is 19.3 Å². The maximum absolute atomic E-state index is 12.9. The van der Waals surface area contributed by atoms with Crippen LogP contribution in [0.2, 0.25) is 0 Å². The fraction of sp³-hybridized carbons (Fsp3) is 0.500. The van der Waals surface area contributed by atoms with Crippen LogP contribution in [0.25, 0.3) is 0 Å². The molecule has 2 aromatic carbocycles. The van der Waals surface area contributed by atoms with Crippen LogP contribution in [-0.2, 0) is 21.2 Å². The molecule has 34 heavy (non-hydrogen) atoms. The van der Waals surface area contributed by atoms with Gasteiger partial charge >= 0.3 is 0 Å². The van der Waals surface area contributed by atoms with Crippen molar-refractivity contribution in [3.05, 3.63) is 48.0 Å². The summed E-state index contributed by atoms with van der Waals surface area (Å²) in [4.78, 5) is 12.6. The van der Waals surface area contributed by atoms with Crippen molar-refractivity contribution in [2.45, 2.75) is 56.4 Å². The molecule has 4 rings (SSSR count). The summed E-state index contributed by atoms with van der Waals surface area (Å²) in [6, 6.07) is 11.8. The topological polar surface area (TPSA) is 93.7 Å². The molecule has 1 amide bonds. The number of aryl methyl sites for hydroxylation is 1. The van der Waals surface area contributed by atoms with Gasteiger partial charge in [-0.05, 0) is 92.3 Å². The molecule has 4 atom stereocenters. The third-order valence-electron chi connectivity index (χ3n) is 7.31. The summed E-state index contributed by atoms with van der Waals surface area (Å²) >= 11 is 0. The summed E-state index contributed by atoms with van der Waals surface area (Å²) in [5.41, 5.74) is 1.53. The van der Waals surface area contributed by atoms with Crippen molar-refractivity contribution in [3.63, 3.8) is 0 Å². The number of carbonyl (C=O) groups is 1. The van der Waals surface area contributed by atoms with Gasteiger partial charge in [0.2, 0.25) is 15.9 Å². The summed E-state index contributed by atoms with van der Waals surface area (Å²) in [5, 5.41) is 2.84. The van der Waals surface area contributed by atoms with Crippen LogP contribution in [0, 0.1) is 17.8 Å². The Morgan fingerprint density at radius 1 is 1.03 bits per heavy atom. The third-order valence-corrected chi connectivity index (χ3v) is 8.89. The SMILES string of the molecule is COc1ccc(CCC(=O)Nc2ccc(S(=O)(=O)NC(C)C3CC4CCC3C4)cc2)cc1OC. The van der Waals surface area contributed by atoms with Crippen LogP contribution in [0.4, 0.5) is 5.69 Å². The molecular weight excluding hydrogens is 452 g/mol. The van der Waals surface area contributed by atoms with Crippen LogP contribution in [0.3, 0.4) is 0 Å². The van der Waals surface area contributed by atoms with Crippen molar-refractivity contribution in [1.29, 1.82) is 0 Å². The number of benzene rings is 2. The van der Waals surface area contributed by atoms with Crippen molar-refractivity contribution in [2.24, 2.45) is 17.8 Å². The first-order chi connectivity index (χ1) is 16.3. The molecule has 2 fully saturated rings. The standard InChI is InChI=1S/C26H34N2O5S/c1-17(23-15-19-4-7-20(23)14-19)28-34(30,31)22-10-8-21(9-11-22)27-26(29)13-6-18-5-12-24(32-2)25(16-18)33-3/h5,8-12,16-17,19-20,23,28H,4,6-7,13-15H2,1-3H3,(H,27,29). The van der Waals surface area contributed by atoms with Crippen LogP contribution in [-0.4, -0.2) is 34.6 Å². The Kier molecular flexibility index (Phi) is 7.48. The number of sulfonamides is 1. The average molecular weight is 487 g/mol. The molecule has 2 aromatic rings. The lowest BCUT2D eigenvalue weighted by atomic mass is 9.84. The first-order valence-electron chi connectivity index (χ1n) is 11.9. The Morgan fingerprint density at radius 2 is 1.76 bits per heavy atom. The molecule has 2 saturated carbocycles. The predicted octanol–water partition coefficient (Wildman–Crippen LogP) is 4.38. The highest BCUT2D eigenvalue weighted by Gasteiger charge is 2.42. The van der Waals surface area contributed by atoms with Crippen LogP contribution >= 0.6 is 0 Å². The lowest BCUT2D eigenvalue weighted by Crippen LogP contribution is -2.40. The van der Waals surface area contributed by atoms with E-state index in [0.717, 1.165) is 17.9 Å². The van der Waals surface area contributed by atoms with Crippen molar-refractivity contribution in [3.8, 4) is 11.5 Å². The number of fused-ring (bicyclic) bond motifs is 2. The number of ether oxygens (including phenoxy) is 2. The lowest BCUT2D eigenvalue weighted by Gasteiger charge is -2.28. The van der Waals surface area contributed by atoms with Gasteiger partial charge in [-0.3, -0.25) is 4.79 Å². The smallest absolute Gasteiger partial charge is 0.240 e. The molecule has 0 aromatic heterocycles. The molecule has 2 bridgehead atoms. The summed E-state index contributed by atoms with van der Waals surface area (Å²) in [7, 11) is -0.446. The summed E-state index contributed by atoms with van der Waals surface area (Å²) in [5.74, 6) is 2.98. The van der Waals surface area contributed by atoms with Gasteiger partial charge in [0.05, 0.1) is 19.1 Å². The molecule has 0 radical (unpaired) electrons. The molecule has 0 saturated heterocycles. The second kappa shape index (κ2) is 10.4. The van der Waals surface area contributed by atoms with E-state index in [4.69, 9.17) is 9.47 Å². The van der Waals surface area contributed by atoms with E-state index in [0.29, 0.717) is 35.4 Å². The summed E-state index contributed by atoms with van der Waals surface area (Å²) < 4.78 is 39.2. The largest absolute Gasteiger partial charge is 0.493 e. The van der Waals surface area contributed by atoms with E-state index < -0.39 is 10.0 Å². The number of rotatable bonds is 10.